The number of benzene rings is 6. The summed E-state index contributed by atoms with van der Waals surface area (Å²) in [7, 11) is -18.7. The number of hydrogen-bond acceptors (Lipinski definition) is 16. The maximum atomic E-state index is 11.6. The summed E-state index contributed by atoms with van der Waals surface area (Å²) in [5.41, 5.74) is 1.23. The standard InChI is InChI=1S/2C18H16N2O7S2.2Na/c2*1-10-7-11(2)16(28(22,23)24)8-14(10)19-20-15-9-17(29(25,26)27)12-5-3-4-6-13(12)18(15)21;;/h2*3-9,21H,1-2H3,(H,22,23,24)(H,25,26,27);;/q;;2*+1/p-2. The zero-order valence-corrected chi connectivity index (χ0v) is 39.6. The van der Waals surface area contributed by atoms with Gasteiger partial charge in [0.05, 0.1) is 31.0 Å². The Balaban J connectivity index is 0.000000310. The molecular formula is C36H30N4Na2O14S4. The van der Waals surface area contributed by atoms with Crippen LogP contribution in [0.3, 0.4) is 0 Å². The van der Waals surface area contributed by atoms with Crippen molar-refractivity contribution in [2.24, 2.45) is 20.5 Å². The van der Waals surface area contributed by atoms with Gasteiger partial charge in [-0.3, -0.25) is 9.11 Å². The molecule has 0 unspecified atom stereocenters. The molecule has 6 aromatic carbocycles. The van der Waals surface area contributed by atoms with Crippen molar-refractivity contribution in [2.75, 3.05) is 0 Å². The largest absolute Gasteiger partial charge is 1.00 e. The summed E-state index contributed by atoms with van der Waals surface area (Å²) < 4.78 is 134. The van der Waals surface area contributed by atoms with Crippen LogP contribution in [0, 0.1) is 27.7 Å². The molecule has 0 bridgehead atoms. The van der Waals surface area contributed by atoms with Crippen LogP contribution in [0.25, 0.3) is 21.5 Å². The van der Waals surface area contributed by atoms with Gasteiger partial charge in [-0.1, -0.05) is 60.7 Å². The van der Waals surface area contributed by atoms with Gasteiger partial charge in [-0.25, -0.2) is 16.8 Å². The van der Waals surface area contributed by atoms with E-state index in [9.17, 15) is 62.1 Å². The van der Waals surface area contributed by atoms with Crippen molar-refractivity contribution in [1.82, 2.24) is 0 Å². The third-order valence-corrected chi connectivity index (χ3v) is 12.3. The minimum atomic E-state index is -4.87. The van der Waals surface area contributed by atoms with E-state index < -0.39 is 61.8 Å². The number of aromatic hydroxyl groups is 2. The van der Waals surface area contributed by atoms with E-state index in [2.05, 4.69) is 20.5 Å². The fraction of sp³-hybridized carbons (Fsp3) is 0.111. The molecule has 0 fully saturated rings. The fourth-order valence-electron chi connectivity index (χ4n) is 5.82. The second kappa shape index (κ2) is 19.1. The number of azo groups is 2. The third-order valence-electron chi connectivity index (χ3n) is 8.53. The van der Waals surface area contributed by atoms with Crippen LogP contribution in [0.5, 0.6) is 11.5 Å². The number of phenols is 2. The normalized spacial score (nSPS) is 12.3. The van der Waals surface area contributed by atoms with Crippen LogP contribution in [0.1, 0.15) is 22.3 Å². The molecule has 0 radical (unpaired) electrons. The minimum absolute atomic E-state index is 0. The third kappa shape index (κ3) is 11.4. The Bertz CT molecular complexity index is 2990. The van der Waals surface area contributed by atoms with Gasteiger partial charge in [0, 0.05) is 21.5 Å². The monoisotopic (exact) mass is 916 g/mol. The second-order valence-electron chi connectivity index (χ2n) is 12.6. The molecule has 0 spiro atoms. The van der Waals surface area contributed by atoms with E-state index in [1.807, 2.05) is 0 Å². The summed E-state index contributed by atoms with van der Waals surface area (Å²) in [4.78, 5) is -1.86. The minimum Gasteiger partial charge on any atom is -0.744 e. The average molecular weight is 917 g/mol. The van der Waals surface area contributed by atoms with Gasteiger partial charge in [-0.15, -0.1) is 10.2 Å². The second-order valence-corrected chi connectivity index (χ2v) is 18.1. The number of aryl methyl sites for hydroxylation is 4. The Kier molecular flexibility index (Phi) is 16.1. The van der Waals surface area contributed by atoms with Gasteiger partial charge in [-0.2, -0.15) is 27.1 Å². The van der Waals surface area contributed by atoms with E-state index in [1.165, 1.54) is 62.4 Å². The van der Waals surface area contributed by atoms with Crippen LogP contribution in [-0.2, 0) is 40.5 Å². The molecule has 4 N–H and O–H groups in total. The van der Waals surface area contributed by atoms with Crippen molar-refractivity contribution in [3.63, 3.8) is 0 Å². The number of phenolic OH excluding ortho intramolecular Hbond substituents is 2. The van der Waals surface area contributed by atoms with Gasteiger partial charge in [0.25, 0.3) is 20.2 Å². The molecule has 0 heterocycles. The number of nitrogens with zero attached hydrogens (tertiary/aromatic N) is 4. The molecule has 6 rings (SSSR count). The summed E-state index contributed by atoms with van der Waals surface area (Å²) >= 11 is 0. The molecule has 304 valence electrons. The van der Waals surface area contributed by atoms with E-state index in [1.54, 1.807) is 26.0 Å². The Morgan fingerprint density at radius 2 is 0.683 bits per heavy atom. The molecular weight excluding hydrogens is 887 g/mol. The van der Waals surface area contributed by atoms with Crippen LogP contribution in [0.15, 0.2) is 125 Å². The molecule has 0 aromatic heterocycles. The molecule has 18 nitrogen and oxygen atoms in total. The summed E-state index contributed by atoms with van der Waals surface area (Å²) in [5.74, 6) is -0.784. The summed E-state index contributed by atoms with van der Waals surface area (Å²) in [6.45, 7) is 6.25. The number of fused-ring (bicyclic) bond motifs is 2. The molecule has 0 saturated carbocycles. The van der Waals surface area contributed by atoms with Crippen molar-refractivity contribution in [3.8, 4) is 11.5 Å². The molecule has 60 heavy (non-hydrogen) atoms. The van der Waals surface area contributed by atoms with E-state index >= 15 is 0 Å². The van der Waals surface area contributed by atoms with Crippen LogP contribution < -0.4 is 59.1 Å². The van der Waals surface area contributed by atoms with Crippen LogP contribution in [0.4, 0.5) is 22.7 Å². The first-order valence-corrected chi connectivity index (χ1v) is 21.9. The van der Waals surface area contributed by atoms with Gasteiger partial charge in [0.2, 0.25) is 0 Å². The number of rotatable bonds is 8. The van der Waals surface area contributed by atoms with Crippen molar-refractivity contribution in [3.05, 3.63) is 107 Å². The van der Waals surface area contributed by atoms with E-state index in [-0.39, 0.29) is 113 Å². The first-order chi connectivity index (χ1) is 26.8. The summed E-state index contributed by atoms with van der Waals surface area (Å²) in [6.07, 6.45) is 0. The molecule has 0 aliphatic heterocycles. The van der Waals surface area contributed by atoms with Gasteiger partial charge in [0.1, 0.15) is 31.6 Å². The van der Waals surface area contributed by atoms with E-state index in [0.717, 1.165) is 24.3 Å². The molecule has 0 aliphatic rings. The van der Waals surface area contributed by atoms with Crippen LogP contribution in [0.2, 0.25) is 0 Å². The summed E-state index contributed by atoms with van der Waals surface area (Å²) in [6, 6.07) is 18.7. The van der Waals surface area contributed by atoms with Crippen molar-refractivity contribution >= 4 is 84.8 Å². The van der Waals surface area contributed by atoms with Crippen molar-refractivity contribution in [1.29, 1.82) is 0 Å². The Hall–Kier alpha value is -3.72. The SMILES string of the molecule is Cc1cc(C)c(S(=O)(=O)O)cc1N=Nc1cc(S(=O)(=O)[O-])c2ccccc2c1O.Cc1cc(C)c(S(=O)(=O)O)cc1N=Nc1cc(S(=O)(=O)[O-])c2ccccc2c1O.[Na+].[Na+]. The maximum absolute atomic E-state index is 11.6. The molecule has 6 aromatic rings. The quantitative estimate of drug-likeness (QED) is 0.0955. The zero-order chi connectivity index (χ0) is 43.1. The Morgan fingerprint density at radius 1 is 0.417 bits per heavy atom. The zero-order valence-electron chi connectivity index (χ0n) is 32.4. The van der Waals surface area contributed by atoms with Crippen molar-refractivity contribution in [2.45, 2.75) is 47.3 Å². The van der Waals surface area contributed by atoms with E-state index in [0.29, 0.717) is 22.3 Å². The fourth-order valence-corrected chi connectivity index (χ4v) is 8.68. The van der Waals surface area contributed by atoms with Gasteiger partial charge < -0.3 is 19.3 Å². The van der Waals surface area contributed by atoms with Gasteiger partial charge in [-0.05, 0) is 74.2 Å². The van der Waals surface area contributed by atoms with Gasteiger partial charge in [0.15, 0.2) is 11.5 Å². The first kappa shape index (κ1) is 50.6. The maximum Gasteiger partial charge on any atom is 1.00 e. The molecule has 0 saturated heterocycles. The molecule has 0 amide bonds. The smallest absolute Gasteiger partial charge is 0.744 e. The van der Waals surface area contributed by atoms with Crippen LogP contribution in [-0.4, -0.2) is 62.1 Å². The average Bonchev–Trinajstić information content (AvgIpc) is 3.10. The van der Waals surface area contributed by atoms with Gasteiger partial charge >= 0.3 is 59.1 Å². The van der Waals surface area contributed by atoms with E-state index in [4.69, 9.17) is 0 Å². The Labute approximate surface area is 388 Å². The predicted molar refractivity (Wildman–Crippen MR) is 207 cm³/mol. The molecule has 24 heteroatoms. The molecule has 0 atom stereocenters. The summed E-state index contributed by atoms with van der Waals surface area (Å²) in [5, 5.41) is 36.5. The van der Waals surface area contributed by atoms with Crippen molar-refractivity contribution < 1.29 is 121 Å². The number of hydrogen-bond donors (Lipinski definition) is 4. The predicted octanol–water partition coefficient (Wildman–Crippen LogP) is 1.46. The molecule has 0 aliphatic carbocycles. The van der Waals surface area contributed by atoms with Crippen LogP contribution >= 0.6 is 0 Å². The first-order valence-electron chi connectivity index (χ1n) is 16.2. The topological polar surface area (TPSA) is 313 Å². The Morgan fingerprint density at radius 3 is 0.967 bits per heavy atom.